The van der Waals surface area contributed by atoms with E-state index in [1.165, 1.54) is 23.1 Å². The number of anilines is 1. The molecule has 1 rings (SSSR count). The first-order valence-corrected chi connectivity index (χ1v) is 6.11. The molecule has 0 heterocycles. The number of phenols is 1. The average molecular weight is 282 g/mol. The van der Waals surface area contributed by atoms with E-state index in [1.54, 1.807) is 13.8 Å². The van der Waals surface area contributed by atoms with E-state index in [1.807, 2.05) is 0 Å². The van der Waals surface area contributed by atoms with Crippen molar-refractivity contribution < 1.29 is 24.9 Å². The predicted molar refractivity (Wildman–Crippen MR) is 73.0 cm³/mol. The number of carbonyl (C=O) groups is 2. The summed E-state index contributed by atoms with van der Waals surface area (Å²) in [5.74, 6) is -1.67. The highest BCUT2D eigenvalue weighted by Gasteiger charge is 2.17. The highest BCUT2D eigenvalue weighted by molar-refractivity contribution is 5.94. The second kappa shape index (κ2) is 6.76. The number of amides is 2. The van der Waals surface area contributed by atoms with Gasteiger partial charge in [-0.2, -0.15) is 0 Å². The average Bonchev–Trinajstić information content (AvgIpc) is 2.34. The molecule has 0 unspecified atom stereocenters. The molecule has 0 aromatic heterocycles. The number of aliphatic hydroxyl groups excluding tert-OH is 1. The topological polar surface area (TPSA) is 110 Å². The molecular weight excluding hydrogens is 264 g/mol. The Morgan fingerprint density at radius 3 is 2.45 bits per heavy atom. The van der Waals surface area contributed by atoms with E-state index >= 15 is 0 Å². The van der Waals surface area contributed by atoms with Crippen molar-refractivity contribution in [1.29, 1.82) is 0 Å². The molecule has 0 fully saturated rings. The van der Waals surface area contributed by atoms with Gasteiger partial charge < -0.3 is 25.5 Å². The molecule has 0 saturated carbocycles. The Balaban J connectivity index is 2.85. The maximum atomic E-state index is 12.0. The first-order chi connectivity index (χ1) is 9.36. The molecule has 1 aromatic rings. The summed E-state index contributed by atoms with van der Waals surface area (Å²) in [7, 11) is 0. The van der Waals surface area contributed by atoms with E-state index in [4.69, 9.17) is 10.2 Å². The summed E-state index contributed by atoms with van der Waals surface area (Å²) in [6.07, 6.45) is 0. The molecule has 20 heavy (non-hydrogen) atoms. The quantitative estimate of drug-likeness (QED) is 0.651. The molecule has 0 saturated heterocycles. The molecule has 4 N–H and O–H groups in total. The number of nitrogens with zero attached hydrogens (tertiary/aromatic N) is 1. The lowest BCUT2D eigenvalue weighted by Crippen LogP contribution is -2.41. The first-order valence-electron chi connectivity index (χ1n) is 6.11. The lowest BCUT2D eigenvalue weighted by Gasteiger charge is -2.26. The Bertz CT molecular complexity index is 502. The Kier molecular flexibility index (Phi) is 5.33. The minimum Gasteiger partial charge on any atom is -0.507 e. The van der Waals surface area contributed by atoms with Gasteiger partial charge in [0.05, 0.1) is 6.61 Å². The number of rotatable bonds is 5. The fraction of sp³-hybridized carbons (Fsp3) is 0.385. The van der Waals surface area contributed by atoms with Gasteiger partial charge in [-0.25, -0.2) is 9.59 Å². The van der Waals surface area contributed by atoms with Crippen LogP contribution in [0.4, 0.5) is 10.5 Å². The maximum absolute atomic E-state index is 12.0. The third-order valence-corrected chi connectivity index (χ3v) is 2.70. The molecule has 7 heteroatoms. The van der Waals surface area contributed by atoms with Crippen molar-refractivity contribution in [3.05, 3.63) is 23.8 Å². The Morgan fingerprint density at radius 2 is 2.00 bits per heavy atom. The van der Waals surface area contributed by atoms with Gasteiger partial charge in [-0.15, -0.1) is 0 Å². The fourth-order valence-electron chi connectivity index (χ4n) is 1.69. The molecule has 0 spiro atoms. The number of urea groups is 1. The number of carboxylic acids is 1. The van der Waals surface area contributed by atoms with E-state index in [0.29, 0.717) is 0 Å². The SMILES string of the molecule is CC(C)N(CCO)C(=O)Nc1ccc(C(=O)O)c(O)c1. The van der Waals surface area contributed by atoms with Crippen molar-refractivity contribution in [3.8, 4) is 5.75 Å². The lowest BCUT2D eigenvalue weighted by atomic mass is 10.2. The number of aromatic carboxylic acids is 1. The maximum Gasteiger partial charge on any atom is 0.339 e. The van der Waals surface area contributed by atoms with Gasteiger partial charge in [0.25, 0.3) is 0 Å². The summed E-state index contributed by atoms with van der Waals surface area (Å²) < 4.78 is 0. The van der Waals surface area contributed by atoms with E-state index in [2.05, 4.69) is 5.32 Å². The van der Waals surface area contributed by atoms with E-state index < -0.39 is 17.7 Å². The molecule has 1 aromatic carbocycles. The summed E-state index contributed by atoms with van der Waals surface area (Å²) in [5.41, 5.74) is 0.0418. The van der Waals surface area contributed by atoms with Crippen LogP contribution in [0.1, 0.15) is 24.2 Å². The van der Waals surface area contributed by atoms with Crippen molar-refractivity contribution >= 4 is 17.7 Å². The van der Waals surface area contributed by atoms with Crippen LogP contribution in [-0.2, 0) is 0 Å². The molecule has 0 bridgehead atoms. The van der Waals surface area contributed by atoms with Gasteiger partial charge in [0.2, 0.25) is 0 Å². The fourth-order valence-corrected chi connectivity index (χ4v) is 1.69. The molecule has 0 atom stereocenters. The predicted octanol–water partition coefficient (Wildman–Crippen LogP) is 1.33. The van der Waals surface area contributed by atoms with Crippen LogP contribution in [-0.4, -0.2) is 51.4 Å². The van der Waals surface area contributed by atoms with Crippen LogP contribution in [0.15, 0.2) is 18.2 Å². The molecule has 0 aliphatic carbocycles. The molecular formula is C13H18N2O5. The molecule has 0 aliphatic heterocycles. The first kappa shape index (κ1) is 15.8. The van der Waals surface area contributed by atoms with Gasteiger partial charge in [0.1, 0.15) is 11.3 Å². The number of aromatic hydroxyl groups is 1. The summed E-state index contributed by atoms with van der Waals surface area (Å²) >= 11 is 0. The number of hydrogen-bond donors (Lipinski definition) is 4. The van der Waals surface area contributed by atoms with Crippen molar-refractivity contribution in [2.45, 2.75) is 19.9 Å². The number of nitrogens with one attached hydrogen (secondary N) is 1. The van der Waals surface area contributed by atoms with Crippen molar-refractivity contribution in [2.24, 2.45) is 0 Å². The van der Waals surface area contributed by atoms with Crippen LogP contribution in [0.3, 0.4) is 0 Å². The van der Waals surface area contributed by atoms with Gasteiger partial charge in [0, 0.05) is 24.3 Å². The zero-order valence-corrected chi connectivity index (χ0v) is 11.3. The van der Waals surface area contributed by atoms with Crippen LogP contribution in [0.25, 0.3) is 0 Å². The second-order valence-electron chi connectivity index (χ2n) is 4.48. The lowest BCUT2D eigenvalue weighted by molar-refractivity contribution is 0.0693. The second-order valence-corrected chi connectivity index (χ2v) is 4.48. The van der Waals surface area contributed by atoms with Crippen LogP contribution in [0, 0.1) is 0 Å². The standard InChI is InChI=1S/C13H18N2O5/c1-8(2)15(5-6-16)13(20)14-9-3-4-10(12(18)19)11(17)7-9/h3-4,7-8,16-17H,5-6H2,1-2H3,(H,14,20)(H,18,19). The summed E-state index contributed by atoms with van der Waals surface area (Å²) in [6, 6.07) is 3.22. The molecule has 0 aliphatic rings. The molecule has 110 valence electrons. The van der Waals surface area contributed by atoms with Gasteiger partial charge >= 0.3 is 12.0 Å². The monoisotopic (exact) mass is 282 g/mol. The molecule has 0 radical (unpaired) electrons. The summed E-state index contributed by atoms with van der Waals surface area (Å²) in [5, 5.41) is 29.8. The zero-order chi connectivity index (χ0) is 15.3. The smallest absolute Gasteiger partial charge is 0.339 e. The number of carboxylic acid groups (broad SMARTS) is 1. The summed E-state index contributed by atoms with van der Waals surface area (Å²) in [6.45, 7) is 3.64. The Labute approximate surface area is 116 Å². The number of carbonyl (C=O) groups excluding carboxylic acids is 1. The van der Waals surface area contributed by atoms with Crippen LogP contribution < -0.4 is 5.32 Å². The minimum absolute atomic E-state index is 0.103. The van der Waals surface area contributed by atoms with E-state index in [0.717, 1.165) is 0 Å². The summed E-state index contributed by atoms with van der Waals surface area (Å²) in [4.78, 5) is 24.2. The highest BCUT2D eigenvalue weighted by Crippen LogP contribution is 2.22. The van der Waals surface area contributed by atoms with Crippen molar-refractivity contribution in [2.75, 3.05) is 18.5 Å². The normalized spacial score (nSPS) is 10.4. The Morgan fingerprint density at radius 1 is 1.35 bits per heavy atom. The van der Waals surface area contributed by atoms with Gasteiger partial charge in [-0.3, -0.25) is 0 Å². The number of benzene rings is 1. The third kappa shape index (κ3) is 3.86. The molecule has 2 amide bonds. The van der Waals surface area contributed by atoms with Crippen LogP contribution >= 0.6 is 0 Å². The van der Waals surface area contributed by atoms with E-state index in [-0.39, 0.29) is 30.4 Å². The number of aliphatic hydroxyl groups is 1. The largest absolute Gasteiger partial charge is 0.507 e. The number of hydrogen-bond acceptors (Lipinski definition) is 4. The van der Waals surface area contributed by atoms with Gasteiger partial charge in [-0.05, 0) is 26.0 Å². The minimum atomic E-state index is -1.25. The van der Waals surface area contributed by atoms with Crippen LogP contribution in [0.2, 0.25) is 0 Å². The van der Waals surface area contributed by atoms with Gasteiger partial charge in [0.15, 0.2) is 0 Å². The third-order valence-electron chi connectivity index (χ3n) is 2.70. The van der Waals surface area contributed by atoms with Crippen LogP contribution in [0.5, 0.6) is 5.75 Å². The zero-order valence-electron chi connectivity index (χ0n) is 11.3. The highest BCUT2D eigenvalue weighted by atomic mass is 16.4. The van der Waals surface area contributed by atoms with Crippen molar-refractivity contribution in [1.82, 2.24) is 4.90 Å². The Hall–Kier alpha value is -2.28. The van der Waals surface area contributed by atoms with Gasteiger partial charge in [-0.1, -0.05) is 0 Å². The van der Waals surface area contributed by atoms with Crippen molar-refractivity contribution in [3.63, 3.8) is 0 Å². The molecule has 7 nitrogen and oxygen atoms in total. The van der Waals surface area contributed by atoms with E-state index in [9.17, 15) is 14.7 Å².